The van der Waals surface area contributed by atoms with Gasteiger partial charge in [-0.15, -0.1) is 0 Å². The van der Waals surface area contributed by atoms with Crippen molar-refractivity contribution in [1.29, 1.82) is 0 Å². The molecular weight excluding hydrogens is 276 g/mol. The lowest BCUT2D eigenvalue weighted by atomic mass is 9.79. The molecule has 23 heavy (non-hydrogen) atoms. The fraction of sp³-hybridized carbons (Fsp3) is 0.217. The zero-order valence-corrected chi connectivity index (χ0v) is 14.1. The Hall–Kier alpha value is -2.34. The van der Waals surface area contributed by atoms with Crippen LogP contribution in [0, 0.1) is 0 Å². The van der Waals surface area contributed by atoms with Crippen molar-refractivity contribution in [3.8, 4) is 22.3 Å². The van der Waals surface area contributed by atoms with Gasteiger partial charge in [0.2, 0.25) is 0 Å². The molecule has 0 radical (unpaired) electrons. The molecule has 1 aliphatic carbocycles. The quantitative estimate of drug-likeness (QED) is 0.391. The SMILES string of the molecule is CC(C)(C)c1ccc2c(c1-c1ccccc1)Cc1ccccc1-2. The van der Waals surface area contributed by atoms with Gasteiger partial charge in [-0.1, -0.05) is 87.5 Å². The van der Waals surface area contributed by atoms with Gasteiger partial charge in [0.25, 0.3) is 0 Å². The molecule has 0 unspecified atom stereocenters. The van der Waals surface area contributed by atoms with Gasteiger partial charge in [-0.2, -0.15) is 0 Å². The van der Waals surface area contributed by atoms with E-state index in [-0.39, 0.29) is 5.41 Å². The first-order valence-corrected chi connectivity index (χ1v) is 8.36. The van der Waals surface area contributed by atoms with E-state index >= 15 is 0 Å². The van der Waals surface area contributed by atoms with Gasteiger partial charge >= 0.3 is 0 Å². The van der Waals surface area contributed by atoms with Crippen molar-refractivity contribution < 1.29 is 0 Å². The zero-order chi connectivity index (χ0) is 16.0. The summed E-state index contributed by atoms with van der Waals surface area (Å²) in [4.78, 5) is 0. The summed E-state index contributed by atoms with van der Waals surface area (Å²) in [6, 6.07) is 24.3. The van der Waals surface area contributed by atoms with Crippen LogP contribution < -0.4 is 0 Å². The van der Waals surface area contributed by atoms with E-state index in [1.807, 2.05) is 0 Å². The van der Waals surface area contributed by atoms with Gasteiger partial charge in [0, 0.05) is 0 Å². The predicted octanol–water partition coefficient (Wildman–Crippen LogP) is 6.22. The van der Waals surface area contributed by atoms with Crippen molar-refractivity contribution in [1.82, 2.24) is 0 Å². The third kappa shape index (κ3) is 2.30. The monoisotopic (exact) mass is 298 g/mol. The van der Waals surface area contributed by atoms with Crippen LogP contribution in [0.5, 0.6) is 0 Å². The van der Waals surface area contributed by atoms with Crippen molar-refractivity contribution in [2.45, 2.75) is 32.6 Å². The summed E-state index contributed by atoms with van der Waals surface area (Å²) in [5.41, 5.74) is 10.1. The summed E-state index contributed by atoms with van der Waals surface area (Å²) in [6.45, 7) is 6.93. The van der Waals surface area contributed by atoms with Gasteiger partial charge in [0.15, 0.2) is 0 Å². The van der Waals surface area contributed by atoms with Crippen molar-refractivity contribution in [2.75, 3.05) is 0 Å². The maximum atomic E-state index is 2.34. The highest BCUT2D eigenvalue weighted by molar-refractivity contribution is 5.86. The number of fused-ring (bicyclic) bond motifs is 3. The summed E-state index contributed by atoms with van der Waals surface area (Å²) in [6.07, 6.45) is 1.04. The summed E-state index contributed by atoms with van der Waals surface area (Å²) >= 11 is 0. The minimum atomic E-state index is 0.134. The Kier molecular flexibility index (Phi) is 3.16. The van der Waals surface area contributed by atoms with Crippen LogP contribution in [0.15, 0.2) is 66.7 Å². The van der Waals surface area contributed by atoms with E-state index in [1.165, 1.54) is 38.9 Å². The lowest BCUT2D eigenvalue weighted by Gasteiger charge is -2.25. The molecule has 114 valence electrons. The molecular formula is C23H22. The number of rotatable bonds is 1. The molecule has 0 spiro atoms. The lowest BCUT2D eigenvalue weighted by molar-refractivity contribution is 0.591. The number of hydrogen-bond acceptors (Lipinski definition) is 0. The molecule has 0 aromatic heterocycles. The van der Waals surface area contributed by atoms with E-state index in [9.17, 15) is 0 Å². The van der Waals surface area contributed by atoms with Crippen LogP contribution in [0.4, 0.5) is 0 Å². The van der Waals surface area contributed by atoms with Gasteiger partial charge in [-0.3, -0.25) is 0 Å². The van der Waals surface area contributed by atoms with Gasteiger partial charge in [-0.05, 0) is 50.8 Å². The van der Waals surface area contributed by atoms with Crippen LogP contribution in [0.25, 0.3) is 22.3 Å². The van der Waals surface area contributed by atoms with Crippen LogP contribution in [0.1, 0.15) is 37.5 Å². The fourth-order valence-electron chi connectivity index (χ4n) is 3.77. The molecule has 4 rings (SSSR count). The van der Waals surface area contributed by atoms with E-state index < -0.39 is 0 Å². The first kappa shape index (κ1) is 14.3. The smallest absolute Gasteiger partial charge is 0.000718 e. The molecule has 1 aliphatic rings. The van der Waals surface area contributed by atoms with Crippen molar-refractivity contribution >= 4 is 0 Å². The summed E-state index contributed by atoms with van der Waals surface area (Å²) in [7, 11) is 0. The number of benzene rings is 3. The maximum Gasteiger partial charge on any atom is -0.000718 e. The van der Waals surface area contributed by atoms with Crippen molar-refractivity contribution in [2.24, 2.45) is 0 Å². The molecule has 3 aromatic carbocycles. The van der Waals surface area contributed by atoms with E-state index in [0.717, 1.165) is 6.42 Å². The summed E-state index contributed by atoms with van der Waals surface area (Å²) < 4.78 is 0. The Labute approximate surface area is 138 Å². The molecule has 0 aliphatic heterocycles. The van der Waals surface area contributed by atoms with E-state index in [2.05, 4.69) is 87.5 Å². The second-order valence-corrected chi connectivity index (χ2v) is 7.46. The molecule has 0 nitrogen and oxygen atoms in total. The molecule has 0 N–H and O–H groups in total. The van der Waals surface area contributed by atoms with Gasteiger partial charge in [0.05, 0.1) is 0 Å². The Bertz CT molecular complexity index is 864. The summed E-state index contributed by atoms with van der Waals surface area (Å²) in [5, 5.41) is 0. The summed E-state index contributed by atoms with van der Waals surface area (Å²) in [5.74, 6) is 0. The molecule has 0 fully saturated rings. The van der Waals surface area contributed by atoms with E-state index in [4.69, 9.17) is 0 Å². The molecule has 0 saturated heterocycles. The van der Waals surface area contributed by atoms with Crippen LogP contribution in [-0.4, -0.2) is 0 Å². The zero-order valence-electron chi connectivity index (χ0n) is 14.1. The average Bonchev–Trinajstić information content (AvgIpc) is 2.92. The maximum absolute atomic E-state index is 2.34. The van der Waals surface area contributed by atoms with E-state index in [1.54, 1.807) is 0 Å². The van der Waals surface area contributed by atoms with Crippen LogP contribution in [-0.2, 0) is 11.8 Å². The lowest BCUT2D eigenvalue weighted by Crippen LogP contribution is -2.14. The first-order valence-electron chi connectivity index (χ1n) is 8.36. The fourth-order valence-corrected chi connectivity index (χ4v) is 3.77. The van der Waals surface area contributed by atoms with Crippen LogP contribution >= 0.6 is 0 Å². The molecule has 0 atom stereocenters. The topological polar surface area (TPSA) is 0 Å². The Balaban J connectivity index is 2.03. The predicted molar refractivity (Wildman–Crippen MR) is 98.8 cm³/mol. The normalized spacial score (nSPS) is 12.8. The second-order valence-electron chi connectivity index (χ2n) is 7.46. The number of hydrogen-bond donors (Lipinski definition) is 0. The largest absolute Gasteiger partial charge is 0.0622 e. The first-order chi connectivity index (χ1) is 11.1. The highest BCUT2D eigenvalue weighted by Crippen LogP contribution is 2.45. The Morgan fingerprint density at radius 3 is 2.13 bits per heavy atom. The van der Waals surface area contributed by atoms with Crippen molar-refractivity contribution in [3.63, 3.8) is 0 Å². The van der Waals surface area contributed by atoms with Gasteiger partial charge < -0.3 is 0 Å². The minimum absolute atomic E-state index is 0.134. The molecule has 0 bridgehead atoms. The van der Waals surface area contributed by atoms with Crippen molar-refractivity contribution in [3.05, 3.63) is 83.4 Å². The Morgan fingerprint density at radius 1 is 0.696 bits per heavy atom. The molecule has 0 heteroatoms. The highest BCUT2D eigenvalue weighted by Gasteiger charge is 2.27. The third-order valence-corrected chi connectivity index (χ3v) is 4.86. The third-order valence-electron chi connectivity index (χ3n) is 4.86. The van der Waals surface area contributed by atoms with Crippen LogP contribution in [0.2, 0.25) is 0 Å². The van der Waals surface area contributed by atoms with Gasteiger partial charge in [0.1, 0.15) is 0 Å². The Morgan fingerprint density at radius 2 is 1.39 bits per heavy atom. The molecule has 3 aromatic rings. The van der Waals surface area contributed by atoms with Crippen LogP contribution in [0.3, 0.4) is 0 Å². The second kappa shape index (κ2) is 5.09. The molecule has 0 amide bonds. The molecule has 0 heterocycles. The minimum Gasteiger partial charge on any atom is -0.0622 e. The van der Waals surface area contributed by atoms with Gasteiger partial charge in [-0.25, -0.2) is 0 Å². The molecule has 0 saturated carbocycles. The van der Waals surface area contributed by atoms with E-state index in [0.29, 0.717) is 0 Å². The standard InChI is InChI=1S/C23H22/c1-23(2,3)21-14-13-19-18-12-8-7-11-17(18)15-20(19)22(21)16-9-5-4-6-10-16/h4-14H,15H2,1-3H3. The highest BCUT2D eigenvalue weighted by atomic mass is 14.3. The average molecular weight is 298 g/mol.